The van der Waals surface area contributed by atoms with Crippen molar-refractivity contribution in [2.24, 2.45) is 0 Å². The van der Waals surface area contributed by atoms with Crippen molar-refractivity contribution in [3.63, 3.8) is 0 Å². The van der Waals surface area contributed by atoms with Crippen LogP contribution in [0.25, 0.3) is 0 Å². The predicted molar refractivity (Wildman–Crippen MR) is 112 cm³/mol. The lowest BCUT2D eigenvalue weighted by Gasteiger charge is -2.34. The largest absolute Gasteiger partial charge is 0.490 e. The van der Waals surface area contributed by atoms with Gasteiger partial charge in [0.25, 0.3) is 5.91 Å². The second-order valence-corrected chi connectivity index (χ2v) is 8.13. The van der Waals surface area contributed by atoms with Crippen LogP contribution in [0.3, 0.4) is 0 Å². The fourth-order valence-corrected chi connectivity index (χ4v) is 4.25. The average molecular weight is 404 g/mol. The van der Waals surface area contributed by atoms with Crippen LogP contribution in [0.15, 0.2) is 18.2 Å². The Balaban J connectivity index is 1.60. The lowest BCUT2D eigenvalue weighted by molar-refractivity contribution is 0.0628. The molecule has 1 aromatic carbocycles. The van der Waals surface area contributed by atoms with Crippen molar-refractivity contribution in [3.05, 3.63) is 39.3 Å². The summed E-state index contributed by atoms with van der Waals surface area (Å²) in [7, 11) is 0. The van der Waals surface area contributed by atoms with Gasteiger partial charge < -0.3 is 14.4 Å². The zero-order chi connectivity index (χ0) is 20.1. The molecule has 0 bridgehead atoms. The number of amides is 1. The van der Waals surface area contributed by atoms with Crippen molar-refractivity contribution < 1.29 is 14.3 Å². The molecule has 1 aromatic heterocycles. The van der Waals surface area contributed by atoms with Crippen molar-refractivity contribution in [1.29, 1.82) is 0 Å². The van der Waals surface area contributed by atoms with Gasteiger partial charge in [0.15, 0.2) is 11.5 Å². The van der Waals surface area contributed by atoms with Crippen molar-refractivity contribution in [3.8, 4) is 11.5 Å². The first-order chi connectivity index (χ1) is 13.5. The number of nitrogens with zero attached hydrogens (tertiary/aromatic N) is 3. The molecule has 7 heteroatoms. The average Bonchev–Trinajstić information content (AvgIpc) is 3.00. The molecule has 3 rings (SSSR count). The van der Waals surface area contributed by atoms with Crippen molar-refractivity contribution >= 4 is 17.2 Å². The van der Waals surface area contributed by atoms with E-state index in [1.807, 2.05) is 30.9 Å². The lowest BCUT2D eigenvalue weighted by Crippen LogP contribution is -2.48. The molecule has 0 atom stereocenters. The summed E-state index contributed by atoms with van der Waals surface area (Å²) in [4.78, 5) is 23.1. The van der Waals surface area contributed by atoms with Gasteiger partial charge in [-0.05, 0) is 45.9 Å². The Kier molecular flexibility index (Phi) is 6.91. The summed E-state index contributed by atoms with van der Waals surface area (Å²) in [5.41, 5.74) is 1.76. The van der Waals surface area contributed by atoms with Gasteiger partial charge in [-0.15, -0.1) is 11.3 Å². The second-order valence-electron chi connectivity index (χ2n) is 6.85. The highest BCUT2D eigenvalue weighted by Gasteiger charge is 2.24. The molecule has 28 heavy (non-hydrogen) atoms. The minimum Gasteiger partial charge on any atom is -0.490 e. The van der Waals surface area contributed by atoms with Crippen LogP contribution in [0, 0.1) is 13.8 Å². The third-order valence-electron chi connectivity index (χ3n) is 4.88. The van der Waals surface area contributed by atoms with Crippen molar-refractivity contribution in [2.45, 2.75) is 34.2 Å². The molecule has 0 saturated carbocycles. The molecule has 1 fully saturated rings. The second kappa shape index (κ2) is 9.39. The van der Waals surface area contributed by atoms with Crippen molar-refractivity contribution in [2.75, 3.05) is 39.4 Å². The summed E-state index contributed by atoms with van der Waals surface area (Å²) in [6, 6.07) is 5.44. The number of rotatable bonds is 7. The van der Waals surface area contributed by atoms with Crippen LogP contribution in [0.4, 0.5) is 0 Å². The highest BCUT2D eigenvalue weighted by molar-refractivity contribution is 7.11. The smallest absolute Gasteiger partial charge is 0.254 e. The zero-order valence-corrected chi connectivity index (χ0v) is 18.0. The molecular formula is C21H29N3O3S. The lowest BCUT2D eigenvalue weighted by atomic mass is 10.1. The number of hydrogen-bond donors (Lipinski definition) is 0. The molecule has 1 aliphatic heterocycles. The van der Waals surface area contributed by atoms with Gasteiger partial charge in [0.2, 0.25) is 0 Å². The van der Waals surface area contributed by atoms with Gasteiger partial charge in [-0.1, -0.05) is 0 Å². The van der Waals surface area contributed by atoms with Crippen LogP contribution in [-0.4, -0.2) is 60.1 Å². The standard InChI is InChI=1S/C21H29N3O3S/c1-5-26-18-8-7-17(13-19(18)27-6-2)21(25)24-11-9-23(10-12-24)14-20-22-15(3)16(4)28-20/h7-8,13H,5-6,9-12,14H2,1-4H3. The van der Waals surface area contributed by atoms with Crippen LogP contribution < -0.4 is 9.47 Å². The Morgan fingerprint density at radius 3 is 2.36 bits per heavy atom. The minimum atomic E-state index is 0.0459. The quantitative estimate of drug-likeness (QED) is 0.708. The zero-order valence-electron chi connectivity index (χ0n) is 17.2. The molecule has 1 saturated heterocycles. The molecule has 152 valence electrons. The van der Waals surface area contributed by atoms with Gasteiger partial charge in [-0.25, -0.2) is 4.98 Å². The molecule has 2 heterocycles. The van der Waals surface area contributed by atoms with Crippen LogP contribution in [-0.2, 0) is 6.54 Å². The molecule has 2 aromatic rings. The van der Waals surface area contributed by atoms with Gasteiger partial charge in [0, 0.05) is 36.6 Å². The monoisotopic (exact) mass is 403 g/mol. The van der Waals surface area contributed by atoms with E-state index >= 15 is 0 Å². The topological polar surface area (TPSA) is 54.9 Å². The Morgan fingerprint density at radius 2 is 1.75 bits per heavy atom. The number of ether oxygens (including phenoxy) is 2. The fourth-order valence-electron chi connectivity index (χ4n) is 3.27. The number of carbonyl (C=O) groups excluding carboxylic acids is 1. The Bertz CT molecular complexity index is 794. The van der Waals surface area contributed by atoms with E-state index in [0.717, 1.165) is 43.4 Å². The maximum Gasteiger partial charge on any atom is 0.254 e. The molecule has 0 unspecified atom stereocenters. The van der Waals surface area contributed by atoms with E-state index in [4.69, 9.17) is 9.47 Å². The van der Waals surface area contributed by atoms with Gasteiger partial charge >= 0.3 is 0 Å². The first-order valence-electron chi connectivity index (χ1n) is 9.86. The molecule has 0 aliphatic carbocycles. The van der Waals surface area contributed by atoms with E-state index in [0.29, 0.717) is 30.3 Å². The van der Waals surface area contributed by atoms with E-state index in [-0.39, 0.29) is 5.91 Å². The van der Waals surface area contributed by atoms with Gasteiger partial charge in [-0.3, -0.25) is 9.69 Å². The number of hydrogen-bond acceptors (Lipinski definition) is 6. The van der Waals surface area contributed by atoms with E-state index < -0.39 is 0 Å². The summed E-state index contributed by atoms with van der Waals surface area (Å²) < 4.78 is 11.2. The molecule has 1 aliphatic rings. The summed E-state index contributed by atoms with van der Waals surface area (Å²) in [5.74, 6) is 1.35. The van der Waals surface area contributed by atoms with Crippen LogP contribution in [0.2, 0.25) is 0 Å². The molecule has 1 amide bonds. The number of aromatic nitrogens is 1. The molecule has 6 nitrogen and oxygen atoms in total. The Labute approximate surface area is 171 Å². The molecule has 0 spiro atoms. The van der Waals surface area contributed by atoms with Crippen molar-refractivity contribution in [1.82, 2.24) is 14.8 Å². The Hall–Kier alpha value is -2.12. The Morgan fingerprint density at radius 1 is 1.07 bits per heavy atom. The summed E-state index contributed by atoms with van der Waals surface area (Å²) in [6.45, 7) is 13.1. The fraction of sp³-hybridized carbons (Fsp3) is 0.524. The third-order valence-corrected chi connectivity index (χ3v) is 5.94. The highest BCUT2D eigenvalue weighted by atomic mass is 32.1. The van der Waals surface area contributed by atoms with Crippen LogP contribution >= 0.6 is 11.3 Å². The number of benzene rings is 1. The molecule has 0 radical (unpaired) electrons. The van der Waals surface area contributed by atoms with E-state index in [2.05, 4.69) is 23.7 Å². The van der Waals surface area contributed by atoms with Gasteiger partial charge in [0.1, 0.15) is 5.01 Å². The van der Waals surface area contributed by atoms with E-state index in [9.17, 15) is 4.79 Å². The van der Waals surface area contributed by atoms with Crippen LogP contribution in [0.1, 0.15) is 39.8 Å². The predicted octanol–water partition coefficient (Wildman–Crippen LogP) is 3.52. The number of aryl methyl sites for hydroxylation is 2. The van der Waals surface area contributed by atoms with Gasteiger partial charge in [-0.2, -0.15) is 0 Å². The maximum atomic E-state index is 12.9. The van der Waals surface area contributed by atoms with Gasteiger partial charge in [0.05, 0.1) is 25.5 Å². The number of carbonyl (C=O) groups is 1. The first kappa shape index (κ1) is 20.6. The summed E-state index contributed by atoms with van der Waals surface area (Å²) >= 11 is 1.76. The number of piperazine rings is 1. The maximum absolute atomic E-state index is 12.9. The molecule has 0 N–H and O–H groups in total. The summed E-state index contributed by atoms with van der Waals surface area (Å²) in [6.07, 6.45) is 0. The first-order valence-corrected chi connectivity index (χ1v) is 10.7. The number of thiazole rings is 1. The SMILES string of the molecule is CCOc1ccc(C(=O)N2CCN(Cc3nc(C)c(C)s3)CC2)cc1OCC. The minimum absolute atomic E-state index is 0.0459. The normalized spacial score (nSPS) is 14.9. The molecular weight excluding hydrogens is 374 g/mol. The highest BCUT2D eigenvalue weighted by Crippen LogP contribution is 2.29. The van der Waals surface area contributed by atoms with E-state index in [1.54, 1.807) is 17.4 Å². The third kappa shape index (κ3) is 4.83. The summed E-state index contributed by atoms with van der Waals surface area (Å²) in [5, 5.41) is 1.16. The van der Waals surface area contributed by atoms with Crippen LogP contribution in [0.5, 0.6) is 11.5 Å². The van der Waals surface area contributed by atoms with E-state index in [1.165, 1.54) is 4.88 Å².